The van der Waals surface area contributed by atoms with Crippen LogP contribution in [0.1, 0.15) is 22.3 Å². The minimum Gasteiger partial charge on any atom is -0.490 e. The van der Waals surface area contributed by atoms with Gasteiger partial charge in [-0.05, 0) is 48.4 Å². The molecule has 0 aliphatic carbocycles. The van der Waals surface area contributed by atoms with Gasteiger partial charge in [-0.2, -0.15) is 0 Å². The molecule has 0 bridgehead atoms. The highest BCUT2D eigenvalue weighted by Gasteiger charge is 2.08. The number of aryl methyl sites for hydroxylation is 1. The second kappa shape index (κ2) is 9.42. The highest BCUT2D eigenvalue weighted by Crippen LogP contribution is 2.16. The molecule has 5 heteroatoms. The van der Waals surface area contributed by atoms with Crippen LogP contribution in [0.3, 0.4) is 0 Å². The van der Waals surface area contributed by atoms with Crippen LogP contribution in [-0.2, 0) is 11.2 Å². The van der Waals surface area contributed by atoms with Gasteiger partial charge in [0.15, 0.2) is 0 Å². The lowest BCUT2D eigenvalue weighted by molar-refractivity contribution is -0.128. The molecule has 0 aliphatic rings. The summed E-state index contributed by atoms with van der Waals surface area (Å²) >= 11 is 0. The molecule has 2 aromatic carbocycles. The molecule has 2 rings (SSSR count). The number of rotatable bonds is 8. The zero-order valence-corrected chi connectivity index (χ0v) is 15.2. The third-order valence-corrected chi connectivity index (χ3v) is 3.80. The molecule has 0 aromatic heterocycles. The van der Waals surface area contributed by atoms with Gasteiger partial charge in [0, 0.05) is 31.8 Å². The normalized spacial score (nSPS) is 10.1. The van der Waals surface area contributed by atoms with Crippen LogP contribution in [-0.4, -0.2) is 37.4 Å². The predicted molar refractivity (Wildman–Crippen MR) is 104 cm³/mol. The molecule has 2 aromatic rings. The average molecular weight is 352 g/mol. The highest BCUT2D eigenvalue weighted by molar-refractivity contribution is 6.04. The van der Waals surface area contributed by atoms with E-state index in [1.54, 1.807) is 49.3 Å². The Kier molecular flexibility index (Phi) is 6.97. The fourth-order valence-electron chi connectivity index (χ4n) is 2.34. The molecule has 1 N–H and O–H groups in total. The number of hydrogen-bond acceptors (Lipinski definition) is 3. The minimum absolute atomic E-state index is 0.0817. The van der Waals surface area contributed by atoms with Crippen molar-refractivity contribution >= 4 is 17.5 Å². The lowest BCUT2D eigenvalue weighted by Gasteiger charge is -2.11. The summed E-state index contributed by atoms with van der Waals surface area (Å²) in [6, 6.07) is 14.5. The highest BCUT2D eigenvalue weighted by atomic mass is 16.5. The number of nitrogens with one attached hydrogen (secondary N) is 1. The predicted octanol–water partition coefficient (Wildman–Crippen LogP) is 3.52. The lowest BCUT2D eigenvalue weighted by atomic mass is 10.1. The van der Waals surface area contributed by atoms with Gasteiger partial charge in [0.2, 0.25) is 5.91 Å². The van der Waals surface area contributed by atoms with E-state index in [1.807, 2.05) is 24.3 Å². The molecule has 0 saturated carbocycles. The molecule has 0 aliphatic heterocycles. The van der Waals surface area contributed by atoms with E-state index in [1.165, 1.54) is 0 Å². The van der Waals surface area contributed by atoms with E-state index in [2.05, 4.69) is 11.9 Å². The number of carbonyl (C=O) groups is 2. The summed E-state index contributed by atoms with van der Waals surface area (Å²) in [5.74, 6) is 0.578. The Bertz CT molecular complexity index is 767. The van der Waals surface area contributed by atoms with Crippen molar-refractivity contribution in [3.05, 3.63) is 72.3 Å². The molecule has 26 heavy (non-hydrogen) atoms. The standard InChI is InChI=1S/C21H24N2O3/c1-4-14-26-19-11-9-17(10-12-19)21(25)22-18-7-5-6-16(15-18)8-13-20(24)23(2)3/h4-7,9-12,15H,1,8,13-14H2,2-3H3,(H,22,25). The monoisotopic (exact) mass is 352 g/mol. The Balaban J connectivity index is 1.97. The fraction of sp³-hybridized carbons (Fsp3) is 0.238. The van der Waals surface area contributed by atoms with Crippen LogP contribution in [0.4, 0.5) is 5.69 Å². The molecule has 0 spiro atoms. The molecule has 5 nitrogen and oxygen atoms in total. The maximum Gasteiger partial charge on any atom is 0.255 e. The van der Waals surface area contributed by atoms with Gasteiger partial charge < -0.3 is 15.0 Å². The van der Waals surface area contributed by atoms with Gasteiger partial charge in [-0.3, -0.25) is 9.59 Å². The van der Waals surface area contributed by atoms with Crippen molar-refractivity contribution in [1.29, 1.82) is 0 Å². The van der Waals surface area contributed by atoms with E-state index in [9.17, 15) is 9.59 Å². The number of benzene rings is 2. The van der Waals surface area contributed by atoms with Gasteiger partial charge in [0.1, 0.15) is 12.4 Å². The van der Waals surface area contributed by atoms with E-state index in [4.69, 9.17) is 4.74 Å². The molecule has 0 unspecified atom stereocenters. The zero-order valence-electron chi connectivity index (χ0n) is 15.2. The van der Waals surface area contributed by atoms with E-state index in [0.29, 0.717) is 36.4 Å². The van der Waals surface area contributed by atoms with Crippen LogP contribution >= 0.6 is 0 Å². The third-order valence-electron chi connectivity index (χ3n) is 3.80. The number of amides is 2. The number of carbonyl (C=O) groups excluding carboxylic acids is 2. The first-order valence-corrected chi connectivity index (χ1v) is 8.44. The summed E-state index contributed by atoms with van der Waals surface area (Å²) in [4.78, 5) is 25.7. The quantitative estimate of drug-likeness (QED) is 0.740. The van der Waals surface area contributed by atoms with Crippen molar-refractivity contribution in [2.45, 2.75) is 12.8 Å². The van der Waals surface area contributed by atoms with Crippen LogP contribution in [0.15, 0.2) is 61.2 Å². The Morgan fingerprint density at radius 2 is 1.88 bits per heavy atom. The van der Waals surface area contributed by atoms with E-state index >= 15 is 0 Å². The molecule has 0 heterocycles. The van der Waals surface area contributed by atoms with Crippen LogP contribution in [0.2, 0.25) is 0 Å². The Hall–Kier alpha value is -3.08. The number of nitrogens with zero attached hydrogens (tertiary/aromatic N) is 1. The first-order valence-electron chi connectivity index (χ1n) is 8.44. The maximum atomic E-state index is 12.4. The van der Waals surface area contributed by atoms with E-state index < -0.39 is 0 Å². The van der Waals surface area contributed by atoms with Gasteiger partial charge in [0.25, 0.3) is 5.91 Å². The SMILES string of the molecule is C=CCOc1ccc(C(=O)Nc2cccc(CCC(=O)N(C)C)c2)cc1. The van der Waals surface area contributed by atoms with Crippen LogP contribution < -0.4 is 10.1 Å². The molecule has 136 valence electrons. The van der Waals surface area contributed by atoms with E-state index in [0.717, 1.165) is 5.56 Å². The number of ether oxygens (including phenoxy) is 1. The second-order valence-electron chi connectivity index (χ2n) is 6.07. The second-order valence-corrected chi connectivity index (χ2v) is 6.07. The number of anilines is 1. The summed E-state index contributed by atoms with van der Waals surface area (Å²) in [5, 5.41) is 2.88. The van der Waals surface area contributed by atoms with Crippen LogP contribution in [0.5, 0.6) is 5.75 Å². The summed E-state index contributed by atoms with van der Waals surface area (Å²) in [7, 11) is 3.49. The molecular formula is C21H24N2O3. The van der Waals surface area contributed by atoms with E-state index in [-0.39, 0.29) is 11.8 Å². The Morgan fingerprint density at radius 3 is 2.54 bits per heavy atom. The van der Waals surface area contributed by atoms with Crippen molar-refractivity contribution in [2.75, 3.05) is 26.0 Å². The third kappa shape index (κ3) is 5.77. The van der Waals surface area contributed by atoms with Crippen molar-refractivity contribution in [2.24, 2.45) is 0 Å². The van der Waals surface area contributed by atoms with Crippen LogP contribution in [0, 0.1) is 0 Å². The smallest absolute Gasteiger partial charge is 0.255 e. The molecular weight excluding hydrogens is 328 g/mol. The summed E-state index contributed by atoms with van der Waals surface area (Å²) in [6.45, 7) is 4.02. The molecule has 0 fully saturated rings. The van der Waals surface area contributed by atoms with Crippen LogP contribution in [0.25, 0.3) is 0 Å². The summed E-state index contributed by atoms with van der Waals surface area (Å²) in [5.41, 5.74) is 2.26. The van der Waals surface area contributed by atoms with Crippen molar-refractivity contribution < 1.29 is 14.3 Å². The first-order chi connectivity index (χ1) is 12.5. The van der Waals surface area contributed by atoms with Crippen molar-refractivity contribution in [3.8, 4) is 5.75 Å². The first kappa shape index (κ1) is 19.2. The Labute approximate surface area is 154 Å². The summed E-state index contributed by atoms with van der Waals surface area (Å²) < 4.78 is 5.41. The minimum atomic E-state index is -0.193. The lowest BCUT2D eigenvalue weighted by Crippen LogP contribution is -2.21. The van der Waals surface area contributed by atoms with Gasteiger partial charge >= 0.3 is 0 Å². The van der Waals surface area contributed by atoms with Gasteiger partial charge in [-0.15, -0.1) is 0 Å². The largest absolute Gasteiger partial charge is 0.490 e. The topological polar surface area (TPSA) is 58.6 Å². The molecule has 0 saturated heterocycles. The summed E-state index contributed by atoms with van der Waals surface area (Å²) in [6.07, 6.45) is 2.74. The van der Waals surface area contributed by atoms with Crippen molar-refractivity contribution in [1.82, 2.24) is 4.90 Å². The van der Waals surface area contributed by atoms with Gasteiger partial charge in [0.05, 0.1) is 0 Å². The molecule has 0 atom stereocenters. The maximum absolute atomic E-state index is 12.4. The van der Waals surface area contributed by atoms with Gasteiger partial charge in [-0.25, -0.2) is 0 Å². The fourth-order valence-corrected chi connectivity index (χ4v) is 2.34. The average Bonchev–Trinajstić information content (AvgIpc) is 2.65. The number of hydrogen-bond donors (Lipinski definition) is 1. The van der Waals surface area contributed by atoms with Crippen molar-refractivity contribution in [3.63, 3.8) is 0 Å². The molecule has 0 radical (unpaired) electrons. The molecule has 2 amide bonds. The zero-order chi connectivity index (χ0) is 18.9. The van der Waals surface area contributed by atoms with Gasteiger partial charge in [-0.1, -0.05) is 24.8 Å². The Morgan fingerprint density at radius 1 is 1.15 bits per heavy atom.